The van der Waals surface area contributed by atoms with Gasteiger partial charge in [0.2, 0.25) is 0 Å². The molecule has 0 saturated carbocycles. The van der Waals surface area contributed by atoms with E-state index in [1.807, 2.05) is 13.0 Å². The fraction of sp³-hybridized carbons (Fsp3) is 0.200. The predicted octanol–water partition coefficient (Wildman–Crippen LogP) is 1.60. The van der Waals surface area contributed by atoms with E-state index in [0.29, 0.717) is 17.8 Å². The second-order valence-corrected chi connectivity index (χ2v) is 2.74. The highest BCUT2D eigenvalue weighted by Gasteiger charge is 2.13. The number of anilines is 1. The van der Waals surface area contributed by atoms with Gasteiger partial charge in [-0.25, -0.2) is 0 Å². The summed E-state index contributed by atoms with van der Waals surface area (Å²) in [6.45, 7) is 2.20. The van der Waals surface area contributed by atoms with Crippen LogP contribution in [0.15, 0.2) is 18.2 Å². The van der Waals surface area contributed by atoms with Crippen LogP contribution in [0.1, 0.15) is 12.5 Å². The van der Waals surface area contributed by atoms with Crippen LogP contribution >= 0.6 is 0 Å². The second-order valence-electron chi connectivity index (χ2n) is 2.74. The maximum absolute atomic E-state index is 10.6. The number of nitro groups is 1. The molecular formula is C10H11N3O4. The first kappa shape index (κ1) is 14.4. The zero-order valence-corrected chi connectivity index (χ0v) is 9.08. The minimum absolute atomic E-state index is 0.0640. The van der Waals surface area contributed by atoms with E-state index in [1.54, 1.807) is 12.1 Å². The SMILES string of the molecule is CCNc1ccc(C#N)cc1[N+](=O)[O-].O=CO. The molecule has 0 aliphatic heterocycles. The summed E-state index contributed by atoms with van der Waals surface area (Å²) in [6.07, 6.45) is 0. The molecule has 0 atom stereocenters. The summed E-state index contributed by atoms with van der Waals surface area (Å²) in [7, 11) is 0. The van der Waals surface area contributed by atoms with Crippen LogP contribution in [0, 0.1) is 21.4 Å². The van der Waals surface area contributed by atoms with E-state index >= 15 is 0 Å². The Labute approximate surface area is 97.4 Å². The van der Waals surface area contributed by atoms with Crippen molar-refractivity contribution in [1.82, 2.24) is 0 Å². The topological polar surface area (TPSA) is 116 Å². The van der Waals surface area contributed by atoms with Gasteiger partial charge in [0.1, 0.15) is 5.69 Å². The van der Waals surface area contributed by atoms with Crippen molar-refractivity contribution in [1.29, 1.82) is 5.26 Å². The molecule has 0 heterocycles. The molecule has 0 aliphatic carbocycles. The molecule has 17 heavy (non-hydrogen) atoms. The molecule has 0 fully saturated rings. The molecule has 0 saturated heterocycles. The molecule has 7 nitrogen and oxygen atoms in total. The first-order valence-electron chi connectivity index (χ1n) is 4.60. The van der Waals surface area contributed by atoms with E-state index in [1.165, 1.54) is 6.07 Å². The number of nitriles is 1. The molecule has 0 unspecified atom stereocenters. The molecule has 90 valence electrons. The average Bonchev–Trinajstić information content (AvgIpc) is 2.30. The summed E-state index contributed by atoms with van der Waals surface area (Å²) in [5.74, 6) is 0. The van der Waals surface area contributed by atoms with Crippen LogP contribution in [-0.4, -0.2) is 23.0 Å². The lowest BCUT2D eigenvalue weighted by atomic mass is 10.2. The Morgan fingerprint density at radius 2 is 2.24 bits per heavy atom. The summed E-state index contributed by atoms with van der Waals surface area (Å²) < 4.78 is 0. The molecule has 0 spiro atoms. The van der Waals surface area contributed by atoms with Crippen LogP contribution in [0.4, 0.5) is 11.4 Å². The van der Waals surface area contributed by atoms with Gasteiger partial charge in [-0.05, 0) is 19.1 Å². The van der Waals surface area contributed by atoms with E-state index in [2.05, 4.69) is 5.32 Å². The van der Waals surface area contributed by atoms with Crippen LogP contribution in [0.3, 0.4) is 0 Å². The van der Waals surface area contributed by atoms with Gasteiger partial charge in [-0.3, -0.25) is 14.9 Å². The molecule has 1 aromatic rings. The Hall–Kier alpha value is -2.62. The molecule has 0 aliphatic rings. The van der Waals surface area contributed by atoms with E-state index in [-0.39, 0.29) is 12.2 Å². The minimum Gasteiger partial charge on any atom is -0.483 e. The van der Waals surface area contributed by atoms with E-state index in [0.717, 1.165) is 0 Å². The van der Waals surface area contributed by atoms with Gasteiger partial charge < -0.3 is 10.4 Å². The molecule has 1 aromatic carbocycles. The quantitative estimate of drug-likeness (QED) is 0.468. The van der Waals surface area contributed by atoms with Gasteiger partial charge in [0.25, 0.3) is 12.2 Å². The Kier molecular flexibility index (Phi) is 6.47. The first-order valence-corrected chi connectivity index (χ1v) is 4.60. The average molecular weight is 237 g/mol. The lowest BCUT2D eigenvalue weighted by molar-refractivity contribution is -0.384. The summed E-state index contributed by atoms with van der Waals surface area (Å²) in [6, 6.07) is 6.21. The molecule has 0 radical (unpaired) electrons. The Morgan fingerprint density at radius 3 is 2.65 bits per heavy atom. The minimum atomic E-state index is -0.501. The Morgan fingerprint density at radius 1 is 1.65 bits per heavy atom. The Balaban J connectivity index is 0.000000770. The van der Waals surface area contributed by atoms with E-state index in [4.69, 9.17) is 15.2 Å². The van der Waals surface area contributed by atoms with Crippen molar-refractivity contribution >= 4 is 17.8 Å². The zero-order valence-electron chi connectivity index (χ0n) is 9.08. The summed E-state index contributed by atoms with van der Waals surface area (Å²) in [5.41, 5.74) is 0.667. The van der Waals surface area contributed by atoms with Crippen molar-refractivity contribution in [2.45, 2.75) is 6.92 Å². The molecule has 2 N–H and O–H groups in total. The summed E-state index contributed by atoms with van der Waals surface area (Å²) >= 11 is 0. The van der Waals surface area contributed by atoms with Gasteiger partial charge in [0.05, 0.1) is 16.6 Å². The lowest BCUT2D eigenvalue weighted by Crippen LogP contribution is -2.01. The molecule has 1 rings (SSSR count). The monoisotopic (exact) mass is 237 g/mol. The van der Waals surface area contributed by atoms with Gasteiger partial charge in [-0.2, -0.15) is 5.26 Å². The number of hydrogen-bond donors (Lipinski definition) is 2. The third kappa shape index (κ3) is 4.61. The van der Waals surface area contributed by atoms with Gasteiger partial charge >= 0.3 is 0 Å². The summed E-state index contributed by atoms with van der Waals surface area (Å²) in [4.78, 5) is 18.5. The molecular weight excluding hydrogens is 226 g/mol. The van der Waals surface area contributed by atoms with E-state index < -0.39 is 4.92 Å². The van der Waals surface area contributed by atoms with Crippen LogP contribution in [-0.2, 0) is 4.79 Å². The van der Waals surface area contributed by atoms with Crippen molar-refractivity contribution < 1.29 is 14.8 Å². The molecule has 0 bridgehead atoms. The predicted molar refractivity (Wildman–Crippen MR) is 60.7 cm³/mol. The fourth-order valence-electron chi connectivity index (χ4n) is 1.09. The highest BCUT2D eigenvalue weighted by Crippen LogP contribution is 2.24. The highest BCUT2D eigenvalue weighted by atomic mass is 16.6. The van der Waals surface area contributed by atoms with Crippen molar-refractivity contribution in [2.75, 3.05) is 11.9 Å². The van der Waals surface area contributed by atoms with Crippen LogP contribution in [0.2, 0.25) is 0 Å². The number of nitro benzene ring substituents is 1. The van der Waals surface area contributed by atoms with Crippen LogP contribution < -0.4 is 5.32 Å². The fourth-order valence-corrected chi connectivity index (χ4v) is 1.09. The number of carbonyl (C=O) groups is 1. The number of rotatable bonds is 3. The normalized spacial score (nSPS) is 8.24. The maximum Gasteiger partial charge on any atom is 0.293 e. The molecule has 0 aromatic heterocycles. The number of nitrogens with one attached hydrogen (secondary N) is 1. The second kappa shape index (κ2) is 7.64. The lowest BCUT2D eigenvalue weighted by Gasteiger charge is -2.03. The zero-order chi connectivity index (χ0) is 13.3. The van der Waals surface area contributed by atoms with Crippen LogP contribution in [0.5, 0.6) is 0 Å². The number of hydrogen-bond acceptors (Lipinski definition) is 5. The van der Waals surface area contributed by atoms with Gasteiger partial charge in [0.15, 0.2) is 0 Å². The van der Waals surface area contributed by atoms with Gasteiger partial charge in [0, 0.05) is 12.6 Å². The first-order chi connectivity index (χ1) is 8.10. The van der Waals surface area contributed by atoms with E-state index in [9.17, 15) is 10.1 Å². The third-order valence-corrected chi connectivity index (χ3v) is 1.69. The smallest absolute Gasteiger partial charge is 0.293 e. The molecule has 7 heteroatoms. The maximum atomic E-state index is 10.6. The number of benzene rings is 1. The van der Waals surface area contributed by atoms with Crippen molar-refractivity contribution in [3.63, 3.8) is 0 Å². The number of carboxylic acid groups (broad SMARTS) is 1. The highest BCUT2D eigenvalue weighted by molar-refractivity contribution is 5.63. The van der Waals surface area contributed by atoms with Crippen molar-refractivity contribution in [3.05, 3.63) is 33.9 Å². The standard InChI is InChI=1S/C9H9N3O2.CH2O2/c1-2-11-8-4-3-7(6-10)5-9(8)12(13)14;2-1-3/h3-5,11H,2H2,1H3;1H,(H,2,3). The summed E-state index contributed by atoms with van der Waals surface area (Å²) in [5, 5.41) is 28.9. The largest absolute Gasteiger partial charge is 0.483 e. The Bertz CT molecular complexity index is 440. The molecule has 0 amide bonds. The number of nitrogens with zero attached hydrogens (tertiary/aromatic N) is 2. The van der Waals surface area contributed by atoms with Crippen molar-refractivity contribution in [3.8, 4) is 6.07 Å². The van der Waals surface area contributed by atoms with Gasteiger partial charge in [-0.15, -0.1) is 0 Å². The van der Waals surface area contributed by atoms with Gasteiger partial charge in [-0.1, -0.05) is 0 Å². The van der Waals surface area contributed by atoms with Crippen LogP contribution in [0.25, 0.3) is 0 Å². The van der Waals surface area contributed by atoms with Crippen molar-refractivity contribution in [2.24, 2.45) is 0 Å². The third-order valence-electron chi connectivity index (χ3n) is 1.69.